The molecule has 1 unspecified atom stereocenters. The van der Waals surface area contributed by atoms with E-state index in [-0.39, 0.29) is 11.9 Å². The number of aliphatic hydroxyl groups excluding tert-OH is 1. The second-order valence-corrected chi connectivity index (χ2v) is 9.11. The number of nitrogen functional groups attached to an aromatic ring is 1. The molecule has 0 aliphatic carbocycles. The number of anilines is 1. The summed E-state index contributed by atoms with van der Waals surface area (Å²) in [6.45, 7) is -0.648. The van der Waals surface area contributed by atoms with Gasteiger partial charge in [0.1, 0.15) is 18.0 Å². The van der Waals surface area contributed by atoms with Crippen LogP contribution in [0.5, 0.6) is 0 Å². The summed E-state index contributed by atoms with van der Waals surface area (Å²) in [4.78, 5) is 15.5. The van der Waals surface area contributed by atoms with Gasteiger partial charge < -0.3 is 24.6 Å². The Hall–Kier alpha value is -1.01. The fraction of sp³-hybridized carbons (Fsp3) is 0.692. The van der Waals surface area contributed by atoms with Crippen molar-refractivity contribution >= 4 is 24.3 Å². The van der Waals surface area contributed by atoms with Crippen molar-refractivity contribution in [3.05, 3.63) is 22.7 Å². The first-order chi connectivity index (χ1) is 12.1. The van der Waals surface area contributed by atoms with Gasteiger partial charge in [0.05, 0.1) is 12.7 Å². The Bertz CT molecular complexity index is 795. The fourth-order valence-corrected chi connectivity index (χ4v) is 5.39. The Balaban J connectivity index is 1.97. The van der Waals surface area contributed by atoms with Gasteiger partial charge in [0, 0.05) is 6.20 Å². The van der Waals surface area contributed by atoms with Crippen LogP contribution in [0, 0.1) is 0 Å². The van der Waals surface area contributed by atoms with Crippen LogP contribution in [-0.4, -0.2) is 51.6 Å². The average Bonchev–Trinajstić information content (AvgIpc) is 2.80. The first kappa shape index (κ1) is 19.7. The van der Waals surface area contributed by atoms with Gasteiger partial charge in [-0.15, -0.1) is 0 Å². The number of aliphatic hydroxyl groups is 1. The van der Waals surface area contributed by atoms with Crippen molar-refractivity contribution < 1.29 is 32.2 Å². The Morgan fingerprint density at radius 3 is 2.85 bits per heavy atom. The lowest BCUT2D eigenvalue weighted by Gasteiger charge is -2.41. The third-order valence-corrected chi connectivity index (χ3v) is 6.39. The van der Waals surface area contributed by atoms with E-state index in [4.69, 9.17) is 35.8 Å². The summed E-state index contributed by atoms with van der Waals surface area (Å²) in [5.74, 6) is -0.0554. The van der Waals surface area contributed by atoms with Crippen molar-refractivity contribution in [2.75, 3.05) is 12.3 Å². The number of alkyl halides is 2. The highest BCUT2D eigenvalue weighted by Gasteiger charge is 2.66. The zero-order valence-corrected chi connectivity index (χ0v) is 15.5. The molecule has 0 spiro atoms. The van der Waals surface area contributed by atoms with E-state index in [1.54, 1.807) is 13.8 Å². The summed E-state index contributed by atoms with van der Waals surface area (Å²) in [7, 11) is 0. The van der Waals surface area contributed by atoms with E-state index in [0.717, 1.165) is 4.57 Å². The van der Waals surface area contributed by atoms with Crippen LogP contribution in [-0.2, 0) is 30.1 Å². The second-order valence-electron chi connectivity index (χ2n) is 6.20. The number of ether oxygens (including phenoxy) is 1. The molecule has 0 bridgehead atoms. The maximum absolute atomic E-state index is 13.8. The topological polar surface area (TPSA) is 118 Å². The van der Waals surface area contributed by atoms with Crippen molar-refractivity contribution in [2.45, 2.75) is 50.4 Å². The standard InChI is InChI=1S/C13H18F2N3O6PS/c1-6(2)23-25(26)21-5-13(11(14)15)9(24-25)8(19)10(22-13)18-4-3-7(16)17-12(18)20/h3-4,6,8-11,19H,5H2,1-2H3,(H2,16,17,20)/t8-,9+,10-,13-,25?/m1/s1. The second kappa shape index (κ2) is 6.86. The first-order valence-electron chi connectivity index (χ1n) is 7.68. The van der Waals surface area contributed by atoms with Crippen molar-refractivity contribution in [1.29, 1.82) is 0 Å². The van der Waals surface area contributed by atoms with E-state index in [0.29, 0.717) is 0 Å². The molecule has 2 fully saturated rings. The van der Waals surface area contributed by atoms with Crippen LogP contribution in [0.3, 0.4) is 0 Å². The molecular formula is C13H18F2N3O6PS. The Morgan fingerprint density at radius 2 is 2.27 bits per heavy atom. The third-order valence-electron chi connectivity index (χ3n) is 3.95. The van der Waals surface area contributed by atoms with E-state index in [1.807, 2.05) is 0 Å². The van der Waals surface area contributed by atoms with Gasteiger partial charge >= 0.3 is 12.4 Å². The van der Waals surface area contributed by atoms with E-state index >= 15 is 0 Å². The summed E-state index contributed by atoms with van der Waals surface area (Å²) in [5, 5.41) is 10.6. The van der Waals surface area contributed by atoms with E-state index < -0.39 is 49.5 Å². The smallest absolute Gasteiger partial charge is 0.351 e. The maximum Gasteiger partial charge on any atom is 0.351 e. The van der Waals surface area contributed by atoms with Crippen molar-refractivity contribution in [3.8, 4) is 0 Å². The van der Waals surface area contributed by atoms with Gasteiger partial charge in [-0.2, -0.15) is 4.98 Å². The highest BCUT2D eigenvalue weighted by atomic mass is 32.5. The molecule has 0 amide bonds. The molecule has 5 atom stereocenters. The van der Waals surface area contributed by atoms with E-state index in [2.05, 4.69) is 4.98 Å². The number of rotatable bonds is 4. The minimum absolute atomic E-state index is 0.0554. The lowest BCUT2D eigenvalue weighted by molar-refractivity contribution is -0.204. The first-order valence-corrected chi connectivity index (χ1v) is 10.2. The molecule has 1 aromatic heterocycles. The number of aromatic nitrogens is 2. The molecule has 146 valence electrons. The van der Waals surface area contributed by atoms with Crippen LogP contribution in [0.25, 0.3) is 0 Å². The predicted octanol–water partition coefficient (Wildman–Crippen LogP) is 0.784. The molecule has 9 nitrogen and oxygen atoms in total. The molecule has 2 aliphatic heterocycles. The molecule has 2 saturated heterocycles. The molecule has 0 saturated carbocycles. The third kappa shape index (κ3) is 3.31. The summed E-state index contributed by atoms with van der Waals surface area (Å²) >= 11 is 5.18. The van der Waals surface area contributed by atoms with Gasteiger partial charge in [0.15, 0.2) is 11.8 Å². The van der Waals surface area contributed by atoms with Crippen molar-refractivity contribution in [1.82, 2.24) is 9.55 Å². The number of hydrogen-bond acceptors (Lipinski definition) is 9. The quantitative estimate of drug-likeness (QED) is 0.691. The summed E-state index contributed by atoms with van der Waals surface area (Å²) in [5.41, 5.74) is 2.25. The van der Waals surface area contributed by atoms with Gasteiger partial charge in [-0.3, -0.25) is 9.09 Å². The SMILES string of the molecule is CC(C)OP1(=S)OC[C@@]2(C(F)F)O[C@@H](n3ccc(N)nc3=O)[C@H](O)[C@@H]2O1. The molecular weight excluding hydrogens is 395 g/mol. The minimum atomic E-state index is -3.36. The van der Waals surface area contributed by atoms with Gasteiger partial charge in [0.2, 0.25) is 0 Å². The van der Waals surface area contributed by atoms with Gasteiger partial charge in [-0.25, -0.2) is 13.6 Å². The van der Waals surface area contributed by atoms with Crippen LogP contribution in [0.4, 0.5) is 14.6 Å². The Kier molecular flexibility index (Phi) is 5.21. The average molecular weight is 413 g/mol. The summed E-state index contributed by atoms with van der Waals surface area (Å²) in [6, 6.07) is 1.28. The van der Waals surface area contributed by atoms with Crippen molar-refractivity contribution in [3.63, 3.8) is 0 Å². The van der Waals surface area contributed by atoms with Crippen LogP contribution in [0.15, 0.2) is 17.1 Å². The number of hydrogen-bond donors (Lipinski definition) is 2. The van der Waals surface area contributed by atoms with Crippen molar-refractivity contribution in [2.24, 2.45) is 0 Å². The van der Waals surface area contributed by atoms with Crippen LogP contribution in [0.1, 0.15) is 20.1 Å². The largest absolute Gasteiger partial charge is 0.386 e. The molecule has 0 radical (unpaired) electrons. The van der Waals surface area contributed by atoms with E-state index in [1.165, 1.54) is 12.3 Å². The highest BCUT2D eigenvalue weighted by molar-refractivity contribution is 8.07. The zero-order valence-electron chi connectivity index (χ0n) is 13.8. The Morgan fingerprint density at radius 1 is 1.58 bits per heavy atom. The van der Waals surface area contributed by atoms with Gasteiger partial charge in [-0.1, -0.05) is 0 Å². The zero-order chi connectivity index (χ0) is 19.3. The summed E-state index contributed by atoms with van der Waals surface area (Å²) < 4.78 is 50.1. The predicted molar refractivity (Wildman–Crippen MR) is 89.1 cm³/mol. The molecule has 3 heterocycles. The molecule has 2 aliphatic rings. The monoisotopic (exact) mass is 413 g/mol. The normalized spacial score (nSPS) is 37.3. The number of nitrogens with two attached hydrogens (primary N) is 1. The number of nitrogens with zero attached hydrogens (tertiary/aromatic N) is 2. The van der Waals surface area contributed by atoms with Gasteiger partial charge in [-0.05, 0) is 31.7 Å². The molecule has 26 heavy (non-hydrogen) atoms. The number of fused-ring (bicyclic) bond motifs is 1. The lowest BCUT2D eigenvalue weighted by atomic mass is 9.96. The summed E-state index contributed by atoms with van der Waals surface area (Å²) in [6.07, 6.45) is -6.91. The molecule has 0 aromatic carbocycles. The van der Waals surface area contributed by atoms with Gasteiger partial charge in [0.25, 0.3) is 6.43 Å². The lowest BCUT2D eigenvalue weighted by Crippen LogP contribution is -2.56. The number of halogens is 2. The molecule has 3 N–H and O–H groups in total. The highest BCUT2D eigenvalue weighted by Crippen LogP contribution is 2.61. The molecule has 13 heteroatoms. The molecule has 3 rings (SSSR count). The van der Waals surface area contributed by atoms with E-state index in [9.17, 15) is 18.7 Å². The van der Waals surface area contributed by atoms with Crippen LogP contribution < -0.4 is 11.4 Å². The van der Waals surface area contributed by atoms with Crippen LogP contribution >= 0.6 is 6.72 Å². The Labute approximate surface area is 152 Å². The molecule has 1 aromatic rings. The maximum atomic E-state index is 13.8. The minimum Gasteiger partial charge on any atom is -0.386 e. The fourth-order valence-electron chi connectivity index (χ4n) is 2.81. The van der Waals surface area contributed by atoms with Crippen LogP contribution in [0.2, 0.25) is 0 Å².